The van der Waals surface area contributed by atoms with Crippen molar-refractivity contribution in [3.05, 3.63) is 47.5 Å². The standard InChI is InChI=1S/C23H34O/c1-7-14-24-21-12-13-22(4,5)20-11-9-18-15-17(16(2)3)8-10-19(18)23(20,21)6/h7-8,10,15-16,20-21H,1,9,11-14H2,2-6H3/t20?,21?,23-/m1/s1. The van der Waals surface area contributed by atoms with Crippen molar-refractivity contribution in [2.45, 2.75) is 77.7 Å². The van der Waals surface area contributed by atoms with Gasteiger partial charge in [0.25, 0.3) is 0 Å². The van der Waals surface area contributed by atoms with E-state index in [1.807, 2.05) is 6.08 Å². The number of benzene rings is 1. The Kier molecular flexibility index (Phi) is 4.68. The molecule has 0 radical (unpaired) electrons. The van der Waals surface area contributed by atoms with Crippen LogP contribution in [0.15, 0.2) is 30.9 Å². The minimum absolute atomic E-state index is 0.119. The Morgan fingerprint density at radius 1 is 1.25 bits per heavy atom. The van der Waals surface area contributed by atoms with Gasteiger partial charge >= 0.3 is 0 Å². The van der Waals surface area contributed by atoms with E-state index in [1.54, 1.807) is 11.1 Å². The van der Waals surface area contributed by atoms with E-state index < -0.39 is 0 Å². The van der Waals surface area contributed by atoms with Gasteiger partial charge in [0, 0.05) is 5.41 Å². The molecule has 24 heavy (non-hydrogen) atoms. The van der Waals surface area contributed by atoms with E-state index in [9.17, 15) is 0 Å². The fraction of sp³-hybridized carbons (Fsp3) is 0.652. The predicted octanol–water partition coefficient (Wildman–Crippen LogP) is 6.02. The molecule has 0 aromatic heterocycles. The number of ether oxygens (including phenoxy) is 1. The molecular formula is C23H34O. The molecule has 2 unspecified atom stereocenters. The molecule has 2 aliphatic carbocycles. The van der Waals surface area contributed by atoms with E-state index in [4.69, 9.17) is 4.74 Å². The molecule has 2 aliphatic rings. The Morgan fingerprint density at radius 3 is 2.67 bits per heavy atom. The minimum atomic E-state index is 0.119. The van der Waals surface area contributed by atoms with Gasteiger partial charge in [0.05, 0.1) is 12.7 Å². The van der Waals surface area contributed by atoms with Crippen molar-refractivity contribution in [3.8, 4) is 0 Å². The van der Waals surface area contributed by atoms with Crippen LogP contribution in [0.25, 0.3) is 0 Å². The molecule has 132 valence electrons. The average molecular weight is 327 g/mol. The van der Waals surface area contributed by atoms with Gasteiger partial charge in [-0.05, 0) is 59.6 Å². The van der Waals surface area contributed by atoms with Crippen LogP contribution in [0, 0.1) is 11.3 Å². The fourth-order valence-electron chi connectivity index (χ4n) is 5.51. The SMILES string of the molecule is C=CCOC1CCC(C)(C)C2CCc3cc(C(C)C)ccc3[C@@]12C. The number of hydrogen-bond donors (Lipinski definition) is 0. The first-order chi connectivity index (χ1) is 11.3. The molecule has 0 aliphatic heterocycles. The molecular weight excluding hydrogens is 292 g/mol. The summed E-state index contributed by atoms with van der Waals surface area (Å²) in [5, 5.41) is 0. The Hall–Kier alpha value is -1.08. The molecule has 1 aromatic rings. The maximum atomic E-state index is 6.31. The summed E-state index contributed by atoms with van der Waals surface area (Å²) in [6.45, 7) is 16.5. The maximum Gasteiger partial charge on any atom is 0.0676 e. The highest BCUT2D eigenvalue weighted by atomic mass is 16.5. The van der Waals surface area contributed by atoms with Crippen molar-refractivity contribution in [3.63, 3.8) is 0 Å². The van der Waals surface area contributed by atoms with Crippen LogP contribution in [0.4, 0.5) is 0 Å². The van der Waals surface area contributed by atoms with Gasteiger partial charge in [-0.1, -0.05) is 58.9 Å². The van der Waals surface area contributed by atoms with Gasteiger partial charge in [-0.2, -0.15) is 0 Å². The summed E-state index contributed by atoms with van der Waals surface area (Å²) in [6, 6.07) is 7.24. The molecule has 0 spiro atoms. The minimum Gasteiger partial charge on any atom is -0.373 e. The highest BCUT2D eigenvalue weighted by Gasteiger charge is 2.55. The zero-order chi connectivity index (χ0) is 17.5. The van der Waals surface area contributed by atoms with Gasteiger partial charge in [0.15, 0.2) is 0 Å². The lowest BCUT2D eigenvalue weighted by Gasteiger charge is -2.57. The van der Waals surface area contributed by atoms with Crippen LogP contribution in [0.5, 0.6) is 0 Å². The summed E-state index contributed by atoms with van der Waals surface area (Å²) in [6.07, 6.45) is 7.11. The predicted molar refractivity (Wildman–Crippen MR) is 103 cm³/mol. The van der Waals surface area contributed by atoms with Crippen LogP contribution in [0.2, 0.25) is 0 Å². The van der Waals surface area contributed by atoms with Crippen LogP contribution in [-0.2, 0) is 16.6 Å². The number of fused-ring (bicyclic) bond motifs is 3. The topological polar surface area (TPSA) is 9.23 Å². The Labute approximate surface area is 148 Å². The lowest BCUT2D eigenvalue weighted by Crippen LogP contribution is -2.56. The quantitative estimate of drug-likeness (QED) is 0.615. The summed E-state index contributed by atoms with van der Waals surface area (Å²) in [7, 11) is 0. The molecule has 0 amide bonds. The van der Waals surface area contributed by atoms with Gasteiger partial charge in [-0.3, -0.25) is 0 Å². The van der Waals surface area contributed by atoms with Gasteiger partial charge < -0.3 is 4.74 Å². The van der Waals surface area contributed by atoms with E-state index >= 15 is 0 Å². The van der Waals surface area contributed by atoms with Crippen molar-refractivity contribution in [1.29, 1.82) is 0 Å². The van der Waals surface area contributed by atoms with Crippen LogP contribution in [0.1, 0.15) is 76.5 Å². The fourth-order valence-corrected chi connectivity index (χ4v) is 5.51. The molecule has 0 saturated heterocycles. The van der Waals surface area contributed by atoms with Crippen LogP contribution in [0.3, 0.4) is 0 Å². The van der Waals surface area contributed by atoms with E-state index in [1.165, 1.54) is 24.8 Å². The lowest BCUT2D eigenvalue weighted by molar-refractivity contribution is -0.0883. The Bertz CT molecular complexity index is 612. The molecule has 1 nitrogen and oxygen atoms in total. The van der Waals surface area contributed by atoms with Crippen LogP contribution in [-0.4, -0.2) is 12.7 Å². The van der Waals surface area contributed by atoms with Crippen molar-refractivity contribution in [2.24, 2.45) is 11.3 Å². The smallest absolute Gasteiger partial charge is 0.0676 e. The van der Waals surface area contributed by atoms with Gasteiger partial charge in [0.1, 0.15) is 0 Å². The third-order valence-corrected chi connectivity index (χ3v) is 6.88. The van der Waals surface area contributed by atoms with E-state index in [0.717, 1.165) is 6.42 Å². The normalized spacial score (nSPS) is 31.4. The first kappa shape index (κ1) is 17.7. The van der Waals surface area contributed by atoms with Crippen molar-refractivity contribution in [1.82, 2.24) is 0 Å². The Balaban J connectivity index is 2.07. The molecule has 0 bridgehead atoms. The highest BCUT2D eigenvalue weighted by Crippen LogP contribution is 2.57. The summed E-state index contributed by atoms with van der Waals surface area (Å²) in [5.74, 6) is 1.28. The monoisotopic (exact) mass is 326 g/mol. The number of aryl methyl sites for hydroxylation is 1. The molecule has 3 atom stereocenters. The van der Waals surface area contributed by atoms with Crippen LogP contribution < -0.4 is 0 Å². The third-order valence-electron chi connectivity index (χ3n) is 6.88. The zero-order valence-electron chi connectivity index (χ0n) is 16.2. The van der Waals surface area contributed by atoms with Gasteiger partial charge in [0.2, 0.25) is 0 Å². The molecule has 0 heterocycles. The summed E-state index contributed by atoms with van der Waals surface area (Å²) in [4.78, 5) is 0. The van der Waals surface area contributed by atoms with Crippen LogP contribution >= 0.6 is 0 Å². The second-order valence-electron chi connectivity index (χ2n) is 9.08. The average Bonchev–Trinajstić information content (AvgIpc) is 2.53. The molecule has 1 heteroatoms. The first-order valence-electron chi connectivity index (χ1n) is 9.66. The van der Waals surface area contributed by atoms with E-state index in [-0.39, 0.29) is 5.41 Å². The van der Waals surface area contributed by atoms with Crippen molar-refractivity contribution < 1.29 is 4.74 Å². The highest BCUT2D eigenvalue weighted by molar-refractivity contribution is 5.43. The molecule has 1 saturated carbocycles. The molecule has 3 rings (SSSR count). The maximum absolute atomic E-state index is 6.31. The van der Waals surface area contributed by atoms with Gasteiger partial charge in [-0.15, -0.1) is 6.58 Å². The largest absolute Gasteiger partial charge is 0.373 e. The summed E-state index contributed by atoms with van der Waals surface area (Å²) >= 11 is 0. The lowest BCUT2D eigenvalue weighted by atomic mass is 9.49. The summed E-state index contributed by atoms with van der Waals surface area (Å²) in [5.41, 5.74) is 5.08. The van der Waals surface area contributed by atoms with E-state index in [0.29, 0.717) is 30.0 Å². The van der Waals surface area contributed by atoms with Crippen molar-refractivity contribution in [2.75, 3.05) is 6.61 Å². The van der Waals surface area contributed by atoms with Crippen molar-refractivity contribution >= 4 is 0 Å². The van der Waals surface area contributed by atoms with E-state index in [2.05, 4.69) is 59.4 Å². The second kappa shape index (κ2) is 6.33. The first-order valence-corrected chi connectivity index (χ1v) is 9.66. The second-order valence-corrected chi connectivity index (χ2v) is 9.08. The van der Waals surface area contributed by atoms with Gasteiger partial charge in [-0.25, -0.2) is 0 Å². The molecule has 1 aromatic carbocycles. The summed E-state index contributed by atoms with van der Waals surface area (Å²) < 4.78 is 6.31. The molecule has 0 N–H and O–H groups in total. The zero-order valence-corrected chi connectivity index (χ0v) is 16.2. The third kappa shape index (κ3) is 2.75. The molecule has 1 fully saturated rings. The Morgan fingerprint density at radius 2 is 2.00 bits per heavy atom. The number of rotatable bonds is 4. The number of hydrogen-bond acceptors (Lipinski definition) is 1.